The molecular weight excluding hydrogens is 364 g/mol. The van der Waals surface area contributed by atoms with Gasteiger partial charge in [0.2, 0.25) is 0 Å². The maximum atomic E-state index is 11.2. The van der Waals surface area contributed by atoms with Crippen LogP contribution in [0.1, 0.15) is 13.3 Å². The molecule has 0 atom stereocenters. The summed E-state index contributed by atoms with van der Waals surface area (Å²) in [4.78, 5) is 11.2. The lowest BCUT2D eigenvalue weighted by Crippen LogP contribution is -1.94. The Morgan fingerprint density at radius 2 is 0.833 bits per heavy atom. The molecule has 130 valence electrons. The standard InChI is InChI=1S/C29H8O/c1-4-5-6-7-8-9-10-11-12-13-14-15-16-17-18-19-20-21-22-23-24-25-26-27-29(30)28(2)3/h1H,2,27H2,3H3. The van der Waals surface area contributed by atoms with Crippen molar-refractivity contribution in [3.8, 4) is 143 Å². The van der Waals surface area contributed by atoms with Gasteiger partial charge in [0.25, 0.3) is 0 Å². The van der Waals surface area contributed by atoms with Gasteiger partial charge in [0.05, 0.1) is 6.42 Å². The highest BCUT2D eigenvalue weighted by Gasteiger charge is 1.96. The van der Waals surface area contributed by atoms with Gasteiger partial charge in [0.1, 0.15) is 0 Å². The van der Waals surface area contributed by atoms with Gasteiger partial charge in [-0.2, -0.15) is 0 Å². The predicted octanol–water partition coefficient (Wildman–Crippen LogP) is 1.19. The molecule has 1 nitrogen and oxygen atoms in total. The van der Waals surface area contributed by atoms with Crippen LogP contribution in [-0.2, 0) is 4.79 Å². The van der Waals surface area contributed by atoms with Crippen molar-refractivity contribution in [2.45, 2.75) is 13.3 Å². The maximum absolute atomic E-state index is 11.2. The monoisotopic (exact) mass is 372 g/mol. The van der Waals surface area contributed by atoms with Gasteiger partial charge in [-0.05, 0) is 107 Å². The molecule has 0 aliphatic rings. The average molecular weight is 372 g/mol. The quantitative estimate of drug-likeness (QED) is 0.526. The molecule has 0 bridgehead atoms. The Labute approximate surface area is 178 Å². The lowest BCUT2D eigenvalue weighted by atomic mass is 10.2. The number of carbonyl (C=O) groups is 1. The normalized spacial score (nSPS) is 4.93. The Hall–Kier alpha value is -5.87. The van der Waals surface area contributed by atoms with Crippen LogP contribution < -0.4 is 0 Å². The molecule has 0 amide bonds. The molecule has 30 heavy (non-hydrogen) atoms. The molecular formula is C29H8O. The van der Waals surface area contributed by atoms with Crippen molar-refractivity contribution in [1.82, 2.24) is 0 Å². The second kappa shape index (κ2) is 19.5. The SMILES string of the molecule is C#CC#CC#CC#CC#CC#CC#CC#CC#CC#CC#CC#CCC(=O)C(=C)C. The molecule has 0 spiro atoms. The second-order valence-electron chi connectivity index (χ2n) is 4.33. The number of hydrogen-bond donors (Lipinski definition) is 0. The molecule has 0 saturated heterocycles. The van der Waals surface area contributed by atoms with E-state index in [0.717, 1.165) is 0 Å². The highest BCUT2D eigenvalue weighted by atomic mass is 16.1. The molecule has 0 aliphatic carbocycles. The topological polar surface area (TPSA) is 17.1 Å². The van der Waals surface area contributed by atoms with Crippen LogP contribution in [0.5, 0.6) is 0 Å². The van der Waals surface area contributed by atoms with E-state index < -0.39 is 0 Å². The minimum absolute atomic E-state index is 0.0956. The third kappa shape index (κ3) is 18.5. The largest absolute Gasteiger partial charge is 0.294 e. The lowest BCUT2D eigenvalue weighted by Gasteiger charge is -1.88. The first-order valence-corrected chi connectivity index (χ1v) is 7.80. The highest BCUT2D eigenvalue weighted by Crippen LogP contribution is 1.92. The number of carbonyl (C=O) groups excluding carboxylic acids is 1. The molecule has 0 heterocycles. The number of hydrogen-bond acceptors (Lipinski definition) is 1. The van der Waals surface area contributed by atoms with Crippen LogP contribution in [0.4, 0.5) is 0 Å². The first kappa shape index (κ1) is 24.1. The molecule has 0 radical (unpaired) electrons. The van der Waals surface area contributed by atoms with Crippen molar-refractivity contribution in [2.24, 2.45) is 0 Å². The van der Waals surface area contributed by atoms with Gasteiger partial charge in [-0.25, -0.2) is 0 Å². The Balaban J connectivity index is 4.43. The summed E-state index contributed by atoms with van der Waals surface area (Å²) < 4.78 is 0. The van der Waals surface area contributed by atoms with Gasteiger partial charge < -0.3 is 0 Å². The Kier molecular flexibility index (Phi) is 15.6. The summed E-state index contributed by atoms with van der Waals surface area (Å²) in [5, 5.41) is 0. The van der Waals surface area contributed by atoms with Crippen LogP contribution in [0.3, 0.4) is 0 Å². The average Bonchev–Trinajstić information content (AvgIpc) is 2.74. The highest BCUT2D eigenvalue weighted by molar-refractivity contribution is 5.95. The Morgan fingerprint density at radius 1 is 0.567 bits per heavy atom. The predicted molar refractivity (Wildman–Crippen MR) is 119 cm³/mol. The van der Waals surface area contributed by atoms with Gasteiger partial charge in [0.15, 0.2) is 5.78 Å². The van der Waals surface area contributed by atoms with E-state index in [1.807, 2.05) is 0 Å². The van der Waals surface area contributed by atoms with Gasteiger partial charge in [0, 0.05) is 35.5 Å². The summed E-state index contributed by atoms with van der Waals surface area (Å²) in [5.74, 6) is 56.5. The minimum atomic E-state index is -0.110. The zero-order valence-electron chi connectivity index (χ0n) is 15.9. The fraction of sp³-hybridized carbons (Fsp3) is 0.0690. The van der Waals surface area contributed by atoms with Crippen molar-refractivity contribution >= 4 is 5.78 Å². The van der Waals surface area contributed by atoms with Crippen LogP contribution in [0.15, 0.2) is 12.2 Å². The van der Waals surface area contributed by atoms with Crippen LogP contribution in [0.25, 0.3) is 0 Å². The zero-order valence-corrected chi connectivity index (χ0v) is 15.9. The van der Waals surface area contributed by atoms with E-state index in [-0.39, 0.29) is 12.2 Å². The zero-order chi connectivity index (χ0) is 22.1. The number of Topliss-reactive ketones (excluding diaryl/α,β-unsaturated/α-hetero) is 1. The summed E-state index contributed by atoms with van der Waals surface area (Å²) in [5.41, 5.74) is 0.468. The van der Waals surface area contributed by atoms with Gasteiger partial charge in [-0.3, -0.25) is 4.79 Å². The molecule has 0 rings (SSSR count). The Bertz CT molecular complexity index is 1460. The molecule has 0 unspecified atom stereocenters. The summed E-state index contributed by atoms with van der Waals surface area (Å²) in [6, 6.07) is 0. The molecule has 0 aromatic heterocycles. The van der Waals surface area contributed by atoms with Crippen molar-refractivity contribution in [3.05, 3.63) is 12.2 Å². The molecule has 0 fully saturated rings. The molecule has 0 aromatic rings. The summed E-state index contributed by atoms with van der Waals surface area (Å²) >= 11 is 0. The van der Waals surface area contributed by atoms with Crippen molar-refractivity contribution in [1.29, 1.82) is 0 Å². The fourth-order valence-corrected chi connectivity index (χ4v) is 0.949. The van der Waals surface area contributed by atoms with Crippen molar-refractivity contribution in [2.75, 3.05) is 0 Å². The first-order chi connectivity index (χ1) is 14.7. The van der Waals surface area contributed by atoms with Crippen molar-refractivity contribution in [3.63, 3.8) is 0 Å². The molecule has 1 heteroatoms. The van der Waals surface area contributed by atoms with Gasteiger partial charge in [-0.15, -0.1) is 6.42 Å². The number of ketones is 1. The number of terminal acetylenes is 1. The van der Waals surface area contributed by atoms with Gasteiger partial charge in [-0.1, -0.05) is 12.5 Å². The lowest BCUT2D eigenvalue weighted by molar-refractivity contribution is -0.114. The third-order valence-electron chi connectivity index (χ3n) is 2.14. The van der Waals surface area contributed by atoms with Gasteiger partial charge >= 0.3 is 0 Å². The van der Waals surface area contributed by atoms with Crippen LogP contribution in [-0.4, -0.2) is 5.78 Å². The molecule has 0 N–H and O–H groups in total. The van der Waals surface area contributed by atoms with Crippen LogP contribution in [0.2, 0.25) is 0 Å². The third-order valence-corrected chi connectivity index (χ3v) is 2.14. The Morgan fingerprint density at radius 3 is 1.10 bits per heavy atom. The second-order valence-corrected chi connectivity index (χ2v) is 4.33. The van der Waals surface area contributed by atoms with E-state index in [1.54, 1.807) is 6.92 Å². The molecule has 0 saturated carbocycles. The van der Waals surface area contributed by atoms with E-state index in [9.17, 15) is 4.79 Å². The molecule has 0 aliphatic heterocycles. The van der Waals surface area contributed by atoms with Crippen LogP contribution in [0, 0.1) is 143 Å². The number of rotatable bonds is 2. The van der Waals surface area contributed by atoms with E-state index in [0.29, 0.717) is 5.57 Å². The summed E-state index contributed by atoms with van der Waals surface area (Å²) in [6.45, 7) is 5.16. The fourth-order valence-electron chi connectivity index (χ4n) is 0.949. The summed E-state index contributed by atoms with van der Waals surface area (Å²) in [6.07, 6.45) is 5.01. The first-order valence-electron chi connectivity index (χ1n) is 7.80. The minimum Gasteiger partial charge on any atom is -0.294 e. The van der Waals surface area contributed by atoms with E-state index in [4.69, 9.17) is 6.42 Å². The van der Waals surface area contributed by atoms with Crippen molar-refractivity contribution < 1.29 is 4.79 Å². The van der Waals surface area contributed by atoms with E-state index in [1.165, 1.54) is 0 Å². The van der Waals surface area contributed by atoms with E-state index in [2.05, 4.69) is 143 Å². The number of allylic oxidation sites excluding steroid dienone is 1. The molecule has 0 aromatic carbocycles. The van der Waals surface area contributed by atoms with E-state index >= 15 is 0 Å². The maximum Gasteiger partial charge on any atom is 0.169 e. The van der Waals surface area contributed by atoms with Crippen LogP contribution >= 0.6 is 0 Å². The smallest absolute Gasteiger partial charge is 0.169 e. The summed E-state index contributed by atoms with van der Waals surface area (Å²) in [7, 11) is 0.